The third-order valence-electron chi connectivity index (χ3n) is 2.76. The van der Waals surface area contributed by atoms with E-state index in [0.717, 1.165) is 5.56 Å². The summed E-state index contributed by atoms with van der Waals surface area (Å²) >= 11 is 0. The molecule has 100 valence electrons. The molecule has 6 heteroatoms. The first-order valence-corrected chi connectivity index (χ1v) is 5.83. The zero-order chi connectivity index (χ0) is 14.0. The second-order valence-electron chi connectivity index (χ2n) is 4.21. The number of rotatable bonds is 4. The number of benzene rings is 1. The number of primary amides is 1. The molecule has 0 unspecified atom stereocenters. The zero-order valence-corrected chi connectivity index (χ0v) is 10.9. The van der Waals surface area contributed by atoms with E-state index >= 15 is 0 Å². The molecule has 1 amide bonds. The first-order valence-electron chi connectivity index (χ1n) is 5.83. The summed E-state index contributed by atoms with van der Waals surface area (Å²) in [7, 11) is 1.70. The smallest absolute Gasteiger partial charge is 0.256 e. The zero-order valence-electron chi connectivity index (χ0n) is 10.9. The largest absolute Gasteiger partial charge is 0.438 e. The molecule has 0 spiro atoms. The monoisotopic (exact) mass is 260 g/mol. The summed E-state index contributed by atoms with van der Waals surface area (Å²) in [5.74, 6) is 0.364. The van der Waals surface area contributed by atoms with Crippen molar-refractivity contribution in [3.63, 3.8) is 0 Å². The van der Waals surface area contributed by atoms with E-state index in [-0.39, 0.29) is 0 Å². The number of ether oxygens (including phenoxy) is 1. The molecule has 0 saturated carbocycles. The van der Waals surface area contributed by atoms with E-state index in [9.17, 15) is 4.79 Å². The number of nitrogens with two attached hydrogens (primary N) is 2. The Morgan fingerprint density at radius 3 is 2.84 bits per heavy atom. The van der Waals surface area contributed by atoms with Crippen molar-refractivity contribution in [2.75, 3.05) is 0 Å². The summed E-state index contributed by atoms with van der Waals surface area (Å²) in [5.41, 5.74) is 12.7. The minimum absolute atomic E-state index is 0.292. The Hall–Kier alpha value is -2.34. The number of hydrogen-bond donors (Lipinski definition) is 2. The van der Waals surface area contributed by atoms with Crippen molar-refractivity contribution < 1.29 is 9.53 Å². The SMILES string of the molecule is Cc1nn(C)c(Oc2cccc(CN)c2)c1C(N)=O. The van der Waals surface area contributed by atoms with Gasteiger partial charge >= 0.3 is 0 Å². The van der Waals surface area contributed by atoms with Crippen molar-refractivity contribution in [3.05, 3.63) is 41.1 Å². The lowest BCUT2D eigenvalue weighted by atomic mass is 10.2. The topological polar surface area (TPSA) is 96.2 Å². The Bertz CT molecular complexity index is 619. The Morgan fingerprint density at radius 1 is 1.47 bits per heavy atom. The van der Waals surface area contributed by atoms with Crippen molar-refractivity contribution >= 4 is 5.91 Å². The minimum Gasteiger partial charge on any atom is -0.438 e. The number of aromatic nitrogens is 2. The molecule has 1 aromatic heterocycles. The lowest BCUT2D eigenvalue weighted by Crippen LogP contribution is -2.13. The van der Waals surface area contributed by atoms with Gasteiger partial charge in [-0.25, -0.2) is 4.68 Å². The van der Waals surface area contributed by atoms with Gasteiger partial charge in [0.1, 0.15) is 11.3 Å². The third kappa shape index (κ3) is 2.58. The predicted molar refractivity (Wildman–Crippen MR) is 70.9 cm³/mol. The fourth-order valence-electron chi connectivity index (χ4n) is 1.89. The summed E-state index contributed by atoms with van der Waals surface area (Å²) in [6.07, 6.45) is 0. The van der Waals surface area contributed by atoms with Gasteiger partial charge in [-0.2, -0.15) is 5.10 Å². The molecular formula is C13H16N4O2. The summed E-state index contributed by atoms with van der Waals surface area (Å²) in [6, 6.07) is 7.33. The molecule has 4 N–H and O–H groups in total. The highest BCUT2D eigenvalue weighted by atomic mass is 16.5. The molecule has 0 aliphatic heterocycles. The predicted octanol–water partition coefficient (Wildman–Crippen LogP) is 1.08. The van der Waals surface area contributed by atoms with Crippen LogP contribution >= 0.6 is 0 Å². The Balaban J connectivity index is 2.40. The molecule has 6 nitrogen and oxygen atoms in total. The van der Waals surface area contributed by atoms with Gasteiger partial charge in [0.2, 0.25) is 5.88 Å². The van der Waals surface area contributed by atoms with Gasteiger partial charge in [0.25, 0.3) is 5.91 Å². The molecule has 1 heterocycles. The van der Waals surface area contributed by atoms with Crippen molar-refractivity contribution in [1.82, 2.24) is 9.78 Å². The molecule has 0 aliphatic rings. The molecule has 0 aliphatic carbocycles. The number of amides is 1. The molecule has 0 saturated heterocycles. The maximum Gasteiger partial charge on any atom is 0.256 e. The van der Waals surface area contributed by atoms with Crippen LogP contribution in [0.5, 0.6) is 11.6 Å². The lowest BCUT2D eigenvalue weighted by Gasteiger charge is -2.08. The van der Waals surface area contributed by atoms with E-state index in [1.807, 2.05) is 18.2 Å². The highest BCUT2D eigenvalue weighted by Gasteiger charge is 2.20. The number of aryl methyl sites for hydroxylation is 2. The van der Waals surface area contributed by atoms with E-state index in [1.54, 1.807) is 20.0 Å². The molecule has 0 bridgehead atoms. The highest BCUT2D eigenvalue weighted by molar-refractivity contribution is 5.96. The molecular weight excluding hydrogens is 244 g/mol. The van der Waals surface area contributed by atoms with E-state index in [2.05, 4.69) is 5.10 Å². The van der Waals surface area contributed by atoms with Crippen LogP contribution in [0.2, 0.25) is 0 Å². The summed E-state index contributed by atoms with van der Waals surface area (Å²) < 4.78 is 7.20. The standard InChI is InChI=1S/C13H16N4O2/c1-8-11(12(15)18)13(17(2)16-8)19-10-5-3-4-9(6-10)7-14/h3-6H,7,14H2,1-2H3,(H2,15,18). The molecule has 1 aromatic carbocycles. The van der Waals surface area contributed by atoms with Crippen molar-refractivity contribution in [2.24, 2.45) is 18.5 Å². The van der Waals surface area contributed by atoms with Gasteiger partial charge in [-0.05, 0) is 24.6 Å². The van der Waals surface area contributed by atoms with Gasteiger partial charge < -0.3 is 16.2 Å². The molecule has 2 rings (SSSR count). The Morgan fingerprint density at radius 2 is 2.21 bits per heavy atom. The fraction of sp³-hybridized carbons (Fsp3) is 0.231. The molecule has 0 radical (unpaired) electrons. The number of hydrogen-bond acceptors (Lipinski definition) is 4. The second-order valence-corrected chi connectivity index (χ2v) is 4.21. The van der Waals surface area contributed by atoms with Gasteiger partial charge in [-0.1, -0.05) is 12.1 Å². The van der Waals surface area contributed by atoms with Crippen molar-refractivity contribution in [2.45, 2.75) is 13.5 Å². The lowest BCUT2D eigenvalue weighted by molar-refractivity contribution is 0.0997. The van der Waals surface area contributed by atoms with Gasteiger partial charge in [0.15, 0.2) is 0 Å². The molecule has 2 aromatic rings. The van der Waals surface area contributed by atoms with Gasteiger partial charge in [-0.3, -0.25) is 4.79 Å². The van der Waals surface area contributed by atoms with Gasteiger partial charge in [-0.15, -0.1) is 0 Å². The maximum atomic E-state index is 11.4. The van der Waals surface area contributed by atoms with Crippen molar-refractivity contribution in [1.29, 1.82) is 0 Å². The van der Waals surface area contributed by atoms with Gasteiger partial charge in [0, 0.05) is 13.6 Å². The summed E-state index contributed by atoms with van der Waals surface area (Å²) in [6.45, 7) is 2.13. The van der Waals surface area contributed by atoms with E-state index in [1.165, 1.54) is 4.68 Å². The Labute approximate surface area is 111 Å². The van der Waals surface area contributed by atoms with Crippen LogP contribution in [0.4, 0.5) is 0 Å². The van der Waals surface area contributed by atoms with Crippen molar-refractivity contribution in [3.8, 4) is 11.6 Å². The molecule has 19 heavy (non-hydrogen) atoms. The van der Waals surface area contributed by atoms with Crippen LogP contribution in [0.1, 0.15) is 21.6 Å². The van der Waals surface area contributed by atoms with E-state index in [0.29, 0.717) is 29.4 Å². The van der Waals surface area contributed by atoms with Crippen LogP contribution < -0.4 is 16.2 Å². The van der Waals surface area contributed by atoms with Crippen LogP contribution in [-0.4, -0.2) is 15.7 Å². The van der Waals surface area contributed by atoms with Crippen LogP contribution in [0, 0.1) is 6.92 Å². The number of carbonyl (C=O) groups excluding carboxylic acids is 1. The quantitative estimate of drug-likeness (QED) is 0.859. The molecule has 0 atom stereocenters. The molecule has 0 fully saturated rings. The van der Waals surface area contributed by atoms with E-state index < -0.39 is 5.91 Å². The average molecular weight is 260 g/mol. The third-order valence-corrected chi connectivity index (χ3v) is 2.76. The summed E-state index contributed by atoms with van der Waals surface area (Å²) in [5, 5.41) is 4.14. The first-order chi connectivity index (χ1) is 9.02. The fourth-order valence-corrected chi connectivity index (χ4v) is 1.89. The number of carbonyl (C=O) groups is 1. The highest BCUT2D eigenvalue weighted by Crippen LogP contribution is 2.27. The average Bonchev–Trinajstić information content (AvgIpc) is 2.64. The van der Waals surface area contributed by atoms with Crippen LogP contribution in [0.15, 0.2) is 24.3 Å². The number of nitrogens with zero attached hydrogens (tertiary/aromatic N) is 2. The van der Waals surface area contributed by atoms with Crippen LogP contribution in [0.3, 0.4) is 0 Å². The summed E-state index contributed by atoms with van der Waals surface area (Å²) in [4.78, 5) is 11.4. The normalized spacial score (nSPS) is 10.5. The maximum absolute atomic E-state index is 11.4. The van der Waals surface area contributed by atoms with Crippen LogP contribution in [-0.2, 0) is 13.6 Å². The van der Waals surface area contributed by atoms with Crippen LogP contribution in [0.25, 0.3) is 0 Å². The van der Waals surface area contributed by atoms with E-state index in [4.69, 9.17) is 16.2 Å². The first kappa shape index (κ1) is 13.1. The van der Waals surface area contributed by atoms with Gasteiger partial charge in [0.05, 0.1) is 5.69 Å². The second kappa shape index (κ2) is 5.11. The Kier molecular flexibility index (Phi) is 3.52. The minimum atomic E-state index is -0.560.